The van der Waals surface area contributed by atoms with Gasteiger partial charge < -0.3 is 20.7 Å². The van der Waals surface area contributed by atoms with E-state index in [0.29, 0.717) is 6.04 Å². The molecule has 0 atom stereocenters. The molecule has 1 heterocycles. The number of nitrogens with two attached hydrogens (primary N) is 1. The Labute approximate surface area is 114 Å². The Balaban J connectivity index is 2.05. The molecular formula is C14H22N4O. The van der Waals surface area contributed by atoms with Crippen molar-refractivity contribution >= 4 is 11.5 Å². The Morgan fingerprint density at radius 1 is 1.32 bits per heavy atom. The van der Waals surface area contributed by atoms with Crippen molar-refractivity contribution in [3.05, 3.63) is 29.8 Å². The summed E-state index contributed by atoms with van der Waals surface area (Å²) in [5.41, 5.74) is 7.47. The molecule has 0 spiro atoms. The molecule has 0 amide bonds. The zero-order valence-corrected chi connectivity index (χ0v) is 11.6. The third-order valence-corrected chi connectivity index (χ3v) is 3.91. The molecule has 0 bridgehead atoms. The summed E-state index contributed by atoms with van der Waals surface area (Å²) in [7, 11) is 4.30. The fourth-order valence-corrected chi connectivity index (χ4v) is 2.52. The first-order chi connectivity index (χ1) is 9.11. The topological polar surface area (TPSA) is 65.1 Å². The second kappa shape index (κ2) is 5.93. The summed E-state index contributed by atoms with van der Waals surface area (Å²) in [5, 5.41) is 11.7. The molecule has 0 aliphatic carbocycles. The fraction of sp³-hybridized carbons (Fsp3) is 0.500. The van der Waals surface area contributed by atoms with Gasteiger partial charge >= 0.3 is 0 Å². The Hall–Kier alpha value is -1.75. The van der Waals surface area contributed by atoms with Gasteiger partial charge in [0, 0.05) is 24.3 Å². The van der Waals surface area contributed by atoms with Gasteiger partial charge in [0.05, 0.1) is 0 Å². The molecule has 19 heavy (non-hydrogen) atoms. The average Bonchev–Trinajstić information content (AvgIpc) is 2.46. The largest absolute Gasteiger partial charge is 0.409 e. The highest BCUT2D eigenvalue weighted by Gasteiger charge is 2.20. The van der Waals surface area contributed by atoms with Crippen LogP contribution in [0.3, 0.4) is 0 Å². The monoisotopic (exact) mass is 262 g/mol. The Bertz CT molecular complexity index is 435. The predicted octanol–water partition coefficient (Wildman–Crippen LogP) is 1.31. The van der Waals surface area contributed by atoms with E-state index in [-0.39, 0.29) is 5.84 Å². The van der Waals surface area contributed by atoms with Gasteiger partial charge in [-0.05, 0) is 57.2 Å². The third-order valence-electron chi connectivity index (χ3n) is 3.91. The molecule has 0 radical (unpaired) electrons. The molecule has 1 fully saturated rings. The van der Waals surface area contributed by atoms with Crippen LogP contribution in [0.1, 0.15) is 18.4 Å². The Kier molecular flexibility index (Phi) is 4.27. The first-order valence-electron chi connectivity index (χ1n) is 6.61. The Morgan fingerprint density at radius 2 is 1.89 bits per heavy atom. The van der Waals surface area contributed by atoms with Crippen molar-refractivity contribution in [2.24, 2.45) is 10.9 Å². The van der Waals surface area contributed by atoms with Gasteiger partial charge in [0.25, 0.3) is 0 Å². The lowest BCUT2D eigenvalue weighted by molar-refractivity contribution is 0.253. The summed E-state index contributed by atoms with van der Waals surface area (Å²) in [6.07, 6.45) is 2.38. The molecule has 0 aromatic heterocycles. The fourth-order valence-electron chi connectivity index (χ4n) is 2.52. The second-order valence-corrected chi connectivity index (χ2v) is 5.18. The van der Waals surface area contributed by atoms with Gasteiger partial charge in [-0.2, -0.15) is 0 Å². The van der Waals surface area contributed by atoms with Crippen LogP contribution in [0.25, 0.3) is 0 Å². The van der Waals surface area contributed by atoms with Crippen LogP contribution >= 0.6 is 0 Å². The van der Waals surface area contributed by atoms with Crippen molar-refractivity contribution in [1.82, 2.24) is 4.90 Å². The van der Waals surface area contributed by atoms with Crippen molar-refractivity contribution in [2.75, 3.05) is 32.1 Å². The van der Waals surface area contributed by atoms with Gasteiger partial charge in [-0.3, -0.25) is 0 Å². The number of amidine groups is 1. The van der Waals surface area contributed by atoms with E-state index < -0.39 is 0 Å². The summed E-state index contributed by atoms with van der Waals surface area (Å²) in [6, 6.07) is 8.40. The Morgan fingerprint density at radius 3 is 2.42 bits per heavy atom. The smallest absolute Gasteiger partial charge is 0.170 e. The normalized spacial score (nSPS) is 18.5. The molecule has 3 N–H and O–H groups in total. The molecular weight excluding hydrogens is 240 g/mol. The van der Waals surface area contributed by atoms with Crippen LogP contribution in [0.4, 0.5) is 5.69 Å². The number of piperidine rings is 1. The van der Waals surface area contributed by atoms with Gasteiger partial charge in [-0.15, -0.1) is 0 Å². The van der Waals surface area contributed by atoms with Crippen LogP contribution in [0.15, 0.2) is 29.4 Å². The van der Waals surface area contributed by atoms with E-state index in [2.05, 4.69) is 29.1 Å². The van der Waals surface area contributed by atoms with Crippen LogP contribution in [-0.4, -0.2) is 49.2 Å². The standard InChI is InChI=1S/C14H22N4O/c1-17-9-7-13(8-10-17)18(2)12-5-3-11(4-6-12)14(15)16-19/h3-6,13,19H,7-10H2,1-2H3,(H2,15,16). The van der Waals surface area contributed by atoms with E-state index in [0.717, 1.165) is 18.7 Å². The lowest BCUT2D eigenvalue weighted by Crippen LogP contribution is -2.41. The number of anilines is 1. The maximum absolute atomic E-state index is 8.64. The molecule has 1 saturated heterocycles. The van der Waals surface area contributed by atoms with Gasteiger partial charge in [0.15, 0.2) is 5.84 Å². The first kappa shape index (κ1) is 13.7. The van der Waals surface area contributed by atoms with E-state index in [9.17, 15) is 0 Å². The average molecular weight is 262 g/mol. The highest BCUT2D eigenvalue weighted by molar-refractivity contribution is 5.97. The molecule has 0 unspecified atom stereocenters. The minimum atomic E-state index is 0.147. The SMILES string of the molecule is CN1CCC(N(C)c2ccc(/C(N)=N/O)cc2)CC1. The molecule has 2 rings (SSSR count). The van der Waals surface area contributed by atoms with Crippen LogP contribution in [-0.2, 0) is 0 Å². The molecule has 1 aromatic carbocycles. The van der Waals surface area contributed by atoms with E-state index in [4.69, 9.17) is 10.9 Å². The van der Waals surface area contributed by atoms with Crippen molar-refractivity contribution < 1.29 is 5.21 Å². The van der Waals surface area contributed by atoms with Crippen molar-refractivity contribution in [1.29, 1.82) is 0 Å². The predicted molar refractivity (Wildman–Crippen MR) is 77.9 cm³/mol. The maximum Gasteiger partial charge on any atom is 0.170 e. The summed E-state index contributed by atoms with van der Waals surface area (Å²) >= 11 is 0. The van der Waals surface area contributed by atoms with Crippen LogP contribution in [0, 0.1) is 0 Å². The lowest BCUT2D eigenvalue weighted by atomic mass is 10.0. The number of oxime groups is 1. The van der Waals surface area contributed by atoms with E-state index >= 15 is 0 Å². The van der Waals surface area contributed by atoms with E-state index in [1.807, 2.05) is 24.3 Å². The van der Waals surface area contributed by atoms with Crippen LogP contribution in [0.2, 0.25) is 0 Å². The lowest BCUT2D eigenvalue weighted by Gasteiger charge is -2.36. The number of hydrogen-bond acceptors (Lipinski definition) is 4. The molecule has 0 saturated carbocycles. The van der Waals surface area contributed by atoms with Crippen LogP contribution in [0.5, 0.6) is 0 Å². The molecule has 1 aliphatic heterocycles. The quantitative estimate of drug-likeness (QED) is 0.373. The zero-order valence-electron chi connectivity index (χ0n) is 11.6. The van der Waals surface area contributed by atoms with Crippen LogP contribution < -0.4 is 10.6 Å². The summed E-state index contributed by atoms with van der Waals surface area (Å²) in [5.74, 6) is 0.147. The number of nitrogens with zero attached hydrogens (tertiary/aromatic N) is 3. The number of likely N-dealkylation sites (tertiary alicyclic amines) is 1. The van der Waals surface area contributed by atoms with E-state index in [1.165, 1.54) is 18.5 Å². The van der Waals surface area contributed by atoms with E-state index in [1.54, 1.807) is 0 Å². The third kappa shape index (κ3) is 3.17. The van der Waals surface area contributed by atoms with Gasteiger partial charge in [0.2, 0.25) is 0 Å². The molecule has 104 valence electrons. The van der Waals surface area contributed by atoms with Crippen molar-refractivity contribution in [3.8, 4) is 0 Å². The molecule has 5 heteroatoms. The highest BCUT2D eigenvalue weighted by atomic mass is 16.4. The first-order valence-corrected chi connectivity index (χ1v) is 6.61. The summed E-state index contributed by atoms with van der Waals surface area (Å²) < 4.78 is 0. The summed E-state index contributed by atoms with van der Waals surface area (Å²) in [6.45, 7) is 2.30. The number of hydrogen-bond donors (Lipinski definition) is 2. The minimum Gasteiger partial charge on any atom is -0.409 e. The molecule has 1 aromatic rings. The maximum atomic E-state index is 8.64. The molecule has 1 aliphatic rings. The van der Waals surface area contributed by atoms with Gasteiger partial charge in [-0.25, -0.2) is 0 Å². The highest BCUT2D eigenvalue weighted by Crippen LogP contribution is 2.22. The molecule has 5 nitrogen and oxygen atoms in total. The summed E-state index contributed by atoms with van der Waals surface area (Å²) in [4.78, 5) is 4.69. The van der Waals surface area contributed by atoms with Crippen molar-refractivity contribution in [3.63, 3.8) is 0 Å². The van der Waals surface area contributed by atoms with Crippen molar-refractivity contribution in [2.45, 2.75) is 18.9 Å². The number of rotatable bonds is 3. The van der Waals surface area contributed by atoms with Gasteiger partial charge in [-0.1, -0.05) is 5.16 Å². The van der Waals surface area contributed by atoms with Gasteiger partial charge in [0.1, 0.15) is 0 Å². The number of benzene rings is 1. The zero-order chi connectivity index (χ0) is 13.8. The minimum absolute atomic E-state index is 0.147. The second-order valence-electron chi connectivity index (χ2n) is 5.18.